The van der Waals surface area contributed by atoms with Crippen LogP contribution in [0.15, 0.2) is 40.9 Å². The molecule has 2 aromatic rings. The standard InChI is InChI=1S/C24H30BrClO3/c1-3-5-7-8-9-15-28-22-14-12-19(17-20(22)25)24(27)29-23-13-11-18(10-6-4-2)16-21(23)26/h11-14,16-17H,3-10,15H2,1-2H3. The Kier molecular flexibility index (Phi) is 10.6. The molecule has 0 radical (unpaired) electrons. The van der Waals surface area contributed by atoms with Gasteiger partial charge in [0, 0.05) is 0 Å². The van der Waals surface area contributed by atoms with Crippen molar-refractivity contribution in [2.45, 2.75) is 65.2 Å². The summed E-state index contributed by atoms with van der Waals surface area (Å²) in [5.74, 6) is 0.663. The average Bonchev–Trinajstić information content (AvgIpc) is 2.71. The van der Waals surface area contributed by atoms with E-state index < -0.39 is 5.97 Å². The first-order chi connectivity index (χ1) is 14.0. The third-order valence-electron chi connectivity index (χ3n) is 4.69. The van der Waals surface area contributed by atoms with Crippen molar-refractivity contribution in [2.24, 2.45) is 0 Å². The van der Waals surface area contributed by atoms with E-state index in [0.29, 0.717) is 22.9 Å². The fourth-order valence-electron chi connectivity index (χ4n) is 2.95. The van der Waals surface area contributed by atoms with E-state index in [-0.39, 0.29) is 0 Å². The van der Waals surface area contributed by atoms with Gasteiger partial charge in [0.15, 0.2) is 0 Å². The minimum absolute atomic E-state index is 0.375. The summed E-state index contributed by atoms with van der Waals surface area (Å²) in [6.07, 6.45) is 9.16. The van der Waals surface area contributed by atoms with Crippen molar-refractivity contribution in [3.63, 3.8) is 0 Å². The minimum Gasteiger partial charge on any atom is -0.492 e. The molecule has 0 saturated heterocycles. The number of hydrogen-bond acceptors (Lipinski definition) is 3. The van der Waals surface area contributed by atoms with Crippen LogP contribution in [0.2, 0.25) is 5.02 Å². The summed E-state index contributed by atoms with van der Waals surface area (Å²) in [4.78, 5) is 12.5. The van der Waals surface area contributed by atoms with Gasteiger partial charge in [0.05, 0.1) is 21.7 Å². The minimum atomic E-state index is -0.444. The largest absolute Gasteiger partial charge is 0.492 e. The normalized spacial score (nSPS) is 10.8. The molecule has 2 aromatic carbocycles. The first kappa shape index (κ1) is 23.8. The van der Waals surface area contributed by atoms with Crippen LogP contribution in [0.3, 0.4) is 0 Å². The van der Waals surface area contributed by atoms with E-state index in [1.54, 1.807) is 24.3 Å². The zero-order valence-electron chi connectivity index (χ0n) is 17.3. The first-order valence-corrected chi connectivity index (χ1v) is 11.6. The van der Waals surface area contributed by atoms with E-state index >= 15 is 0 Å². The highest BCUT2D eigenvalue weighted by Gasteiger charge is 2.14. The van der Waals surface area contributed by atoms with Crippen molar-refractivity contribution in [1.29, 1.82) is 0 Å². The van der Waals surface area contributed by atoms with Crippen LogP contribution >= 0.6 is 27.5 Å². The van der Waals surface area contributed by atoms with Gasteiger partial charge in [0.25, 0.3) is 0 Å². The van der Waals surface area contributed by atoms with E-state index in [4.69, 9.17) is 21.1 Å². The predicted octanol–water partition coefficient (Wildman–Crippen LogP) is 8.01. The molecule has 0 aliphatic heterocycles. The van der Waals surface area contributed by atoms with Gasteiger partial charge < -0.3 is 9.47 Å². The quantitative estimate of drug-likeness (QED) is 0.175. The zero-order valence-corrected chi connectivity index (χ0v) is 19.7. The number of esters is 1. The molecule has 0 heterocycles. The second kappa shape index (κ2) is 12.9. The lowest BCUT2D eigenvalue weighted by Gasteiger charge is -2.11. The predicted molar refractivity (Wildman–Crippen MR) is 123 cm³/mol. The topological polar surface area (TPSA) is 35.5 Å². The number of ether oxygens (including phenoxy) is 2. The van der Waals surface area contributed by atoms with Crippen LogP contribution in [0.5, 0.6) is 11.5 Å². The number of rotatable bonds is 12. The Morgan fingerprint density at radius 2 is 1.66 bits per heavy atom. The molecule has 0 saturated carbocycles. The summed E-state index contributed by atoms with van der Waals surface area (Å²) in [5.41, 5.74) is 1.59. The third kappa shape index (κ3) is 8.02. The SMILES string of the molecule is CCCCCCCOc1ccc(C(=O)Oc2ccc(CCCC)cc2Cl)cc1Br. The van der Waals surface area contributed by atoms with Gasteiger partial charge in [-0.25, -0.2) is 4.79 Å². The van der Waals surface area contributed by atoms with Crippen molar-refractivity contribution >= 4 is 33.5 Å². The van der Waals surface area contributed by atoms with Crippen LogP contribution in [0.25, 0.3) is 0 Å². The molecule has 0 spiro atoms. The summed E-state index contributed by atoms with van der Waals surface area (Å²) in [6.45, 7) is 5.03. The fourth-order valence-corrected chi connectivity index (χ4v) is 3.69. The van der Waals surface area contributed by atoms with Crippen molar-refractivity contribution in [1.82, 2.24) is 0 Å². The Labute approximate surface area is 187 Å². The van der Waals surface area contributed by atoms with E-state index in [1.807, 2.05) is 12.1 Å². The molecule has 0 bridgehead atoms. The number of aryl methyl sites for hydroxylation is 1. The highest BCUT2D eigenvalue weighted by molar-refractivity contribution is 9.10. The molecule has 5 heteroatoms. The molecule has 29 heavy (non-hydrogen) atoms. The number of hydrogen-bond donors (Lipinski definition) is 0. The van der Waals surface area contributed by atoms with Gasteiger partial charge in [-0.15, -0.1) is 0 Å². The number of halogens is 2. The number of carbonyl (C=O) groups is 1. The van der Waals surface area contributed by atoms with Crippen LogP contribution in [-0.4, -0.2) is 12.6 Å². The van der Waals surface area contributed by atoms with Gasteiger partial charge in [0.2, 0.25) is 0 Å². The Morgan fingerprint density at radius 3 is 2.34 bits per heavy atom. The molecule has 0 aliphatic carbocycles. The maximum atomic E-state index is 12.5. The Morgan fingerprint density at radius 1 is 0.931 bits per heavy atom. The monoisotopic (exact) mass is 480 g/mol. The summed E-state index contributed by atoms with van der Waals surface area (Å²) in [5, 5.41) is 0.453. The van der Waals surface area contributed by atoms with Crippen molar-refractivity contribution in [3.05, 3.63) is 57.0 Å². The number of benzene rings is 2. The van der Waals surface area contributed by atoms with Crippen molar-refractivity contribution < 1.29 is 14.3 Å². The second-order valence-electron chi connectivity index (χ2n) is 7.17. The average molecular weight is 482 g/mol. The molecular formula is C24H30BrClO3. The Balaban J connectivity index is 1.91. The molecule has 0 amide bonds. The molecule has 158 valence electrons. The zero-order chi connectivity index (χ0) is 21.1. The first-order valence-electron chi connectivity index (χ1n) is 10.5. The maximum Gasteiger partial charge on any atom is 0.343 e. The van der Waals surface area contributed by atoms with Gasteiger partial charge in [-0.05, 0) is 71.1 Å². The number of unbranched alkanes of at least 4 members (excludes halogenated alkanes) is 5. The van der Waals surface area contributed by atoms with Gasteiger partial charge in [0.1, 0.15) is 11.5 Å². The smallest absolute Gasteiger partial charge is 0.343 e. The van der Waals surface area contributed by atoms with Crippen LogP contribution in [-0.2, 0) is 6.42 Å². The number of carbonyl (C=O) groups excluding carboxylic acids is 1. The lowest BCUT2D eigenvalue weighted by molar-refractivity contribution is 0.0734. The lowest BCUT2D eigenvalue weighted by Crippen LogP contribution is -2.09. The second-order valence-corrected chi connectivity index (χ2v) is 8.43. The molecule has 0 aromatic heterocycles. The molecule has 0 fully saturated rings. The van der Waals surface area contributed by atoms with Gasteiger partial charge >= 0.3 is 5.97 Å². The molecule has 0 aliphatic rings. The molecule has 0 atom stereocenters. The molecular weight excluding hydrogens is 452 g/mol. The van der Waals surface area contributed by atoms with Crippen LogP contribution in [0, 0.1) is 0 Å². The summed E-state index contributed by atoms with van der Waals surface area (Å²) >= 11 is 9.78. The molecule has 0 N–H and O–H groups in total. The summed E-state index contributed by atoms with van der Waals surface area (Å²) < 4.78 is 12.0. The van der Waals surface area contributed by atoms with Crippen molar-refractivity contribution in [3.8, 4) is 11.5 Å². The van der Waals surface area contributed by atoms with Gasteiger partial charge in [-0.2, -0.15) is 0 Å². The lowest BCUT2D eigenvalue weighted by atomic mass is 10.1. The Bertz CT molecular complexity index is 792. The van der Waals surface area contributed by atoms with Crippen LogP contribution < -0.4 is 9.47 Å². The highest BCUT2D eigenvalue weighted by atomic mass is 79.9. The summed E-state index contributed by atoms with van der Waals surface area (Å²) in [7, 11) is 0. The maximum absolute atomic E-state index is 12.5. The third-order valence-corrected chi connectivity index (χ3v) is 5.61. The molecule has 0 unspecified atom stereocenters. The van der Waals surface area contributed by atoms with Gasteiger partial charge in [-0.3, -0.25) is 0 Å². The molecule has 3 nitrogen and oxygen atoms in total. The fraction of sp³-hybridized carbons (Fsp3) is 0.458. The molecule has 2 rings (SSSR count). The Hall–Kier alpha value is -1.52. The van der Waals surface area contributed by atoms with E-state index in [2.05, 4.69) is 29.8 Å². The van der Waals surface area contributed by atoms with E-state index in [1.165, 1.54) is 25.7 Å². The van der Waals surface area contributed by atoms with E-state index in [9.17, 15) is 4.79 Å². The highest BCUT2D eigenvalue weighted by Crippen LogP contribution is 2.29. The summed E-state index contributed by atoms with van der Waals surface area (Å²) in [6, 6.07) is 10.8. The van der Waals surface area contributed by atoms with Crippen LogP contribution in [0.4, 0.5) is 0 Å². The van der Waals surface area contributed by atoms with Crippen LogP contribution in [0.1, 0.15) is 74.7 Å². The van der Waals surface area contributed by atoms with E-state index in [0.717, 1.165) is 41.5 Å². The van der Waals surface area contributed by atoms with Crippen molar-refractivity contribution in [2.75, 3.05) is 6.61 Å². The van der Waals surface area contributed by atoms with Gasteiger partial charge in [-0.1, -0.05) is 63.6 Å².